The second kappa shape index (κ2) is 13.7. The first-order valence-corrected chi connectivity index (χ1v) is 16.9. The van der Waals surface area contributed by atoms with E-state index in [2.05, 4.69) is 40.5 Å². The van der Waals surface area contributed by atoms with Gasteiger partial charge in [0.1, 0.15) is 28.3 Å². The van der Waals surface area contributed by atoms with E-state index in [4.69, 9.17) is 19.3 Å². The number of carbonyl (C=O) groups excluding carboxylic acids is 1. The SMILES string of the molecule is Cc1nc2cc(-c3nc4ccccc4o3)ccc2n1CCN.Cc1nc2cc(-c3nc4ccccc4o3)ccc2n1CCNC(=O)OC(C)(C)C. The highest BCUT2D eigenvalue weighted by molar-refractivity contribution is 5.84. The molecule has 12 heteroatoms. The quantitative estimate of drug-likeness (QED) is 0.171. The molecule has 8 rings (SSSR count). The molecule has 1 amide bonds. The number of rotatable bonds is 7. The standard InChI is InChI=1S/C22H24N4O3.C17H16N4O/c1-14-24-17-13-15(20-25-16-7-5-6-8-19(16)28-20)9-10-18(17)26(14)12-11-23-21(27)29-22(2,3)4;1-11-19-14-10-12(6-7-15(14)21(11)9-8-18)17-20-13-4-2-3-5-16(13)22-17/h5-10,13H,11-12H2,1-4H3,(H,23,27);2-7,10H,8-9,18H2,1H3. The number of benzene rings is 4. The van der Waals surface area contributed by atoms with Gasteiger partial charge in [-0.1, -0.05) is 24.3 Å². The lowest BCUT2D eigenvalue weighted by Crippen LogP contribution is -2.34. The minimum atomic E-state index is -0.511. The van der Waals surface area contributed by atoms with Crippen LogP contribution < -0.4 is 11.1 Å². The molecular weight excluding hydrogens is 644 g/mol. The van der Waals surface area contributed by atoms with Gasteiger partial charge in [0.05, 0.1) is 22.1 Å². The Morgan fingerprint density at radius 2 is 1.20 bits per heavy atom. The first-order chi connectivity index (χ1) is 24.6. The van der Waals surface area contributed by atoms with Crippen molar-refractivity contribution >= 4 is 50.4 Å². The lowest BCUT2D eigenvalue weighted by molar-refractivity contribution is 0.0526. The minimum Gasteiger partial charge on any atom is -0.444 e. The number of fused-ring (bicyclic) bond motifs is 4. The van der Waals surface area contributed by atoms with Crippen LogP contribution in [0, 0.1) is 13.8 Å². The lowest BCUT2D eigenvalue weighted by atomic mass is 10.2. The number of oxazole rings is 2. The lowest BCUT2D eigenvalue weighted by Gasteiger charge is -2.19. The largest absolute Gasteiger partial charge is 0.444 e. The predicted octanol–water partition coefficient (Wildman–Crippen LogP) is 7.79. The van der Waals surface area contributed by atoms with Crippen LogP contribution in [0.15, 0.2) is 93.8 Å². The number of imidazole rings is 2. The van der Waals surface area contributed by atoms with Gasteiger partial charge in [-0.3, -0.25) is 0 Å². The van der Waals surface area contributed by atoms with Gasteiger partial charge in [-0.25, -0.2) is 24.7 Å². The van der Waals surface area contributed by atoms with Crippen LogP contribution in [-0.2, 0) is 17.8 Å². The maximum atomic E-state index is 11.8. The van der Waals surface area contributed by atoms with Crippen LogP contribution in [0.5, 0.6) is 0 Å². The zero-order valence-electron chi connectivity index (χ0n) is 29.3. The monoisotopic (exact) mass is 684 g/mol. The molecule has 0 unspecified atom stereocenters. The molecule has 8 aromatic rings. The minimum absolute atomic E-state index is 0.419. The maximum Gasteiger partial charge on any atom is 0.407 e. The Morgan fingerprint density at radius 3 is 1.67 bits per heavy atom. The predicted molar refractivity (Wildman–Crippen MR) is 198 cm³/mol. The van der Waals surface area contributed by atoms with Crippen molar-refractivity contribution in [2.24, 2.45) is 5.73 Å². The Labute approximate surface area is 294 Å². The van der Waals surface area contributed by atoms with Crippen LogP contribution in [0.25, 0.3) is 67.2 Å². The second-order valence-electron chi connectivity index (χ2n) is 13.2. The third-order valence-electron chi connectivity index (χ3n) is 8.32. The summed E-state index contributed by atoms with van der Waals surface area (Å²) in [5.41, 5.74) is 14.1. The zero-order chi connectivity index (χ0) is 35.7. The van der Waals surface area contributed by atoms with Gasteiger partial charge in [0.2, 0.25) is 11.8 Å². The molecule has 0 fully saturated rings. The average Bonchev–Trinajstić information content (AvgIpc) is 3.87. The Kier molecular flexibility index (Phi) is 9.01. The Morgan fingerprint density at radius 1 is 0.706 bits per heavy atom. The van der Waals surface area contributed by atoms with E-state index < -0.39 is 11.7 Å². The molecule has 260 valence electrons. The number of alkyl carbamates (subject to hydrolysis) is 1. The summed E-state index contributed by atoms with van der Waals surface area (Å²) >= 11 is 0. The molecule has 4 aromatic carbocycles. The van der Waals surface area contributed by atoms with Crippen molar-refractivity contribution in [2.45, 2.75) is 53.3 Å². The summed E-state index contributed by atoms with van der Waals surface area (Å²) in [4.78, 5) is 30.2. The number of carbonyl (C=O) groups is 1. The molecule has 0 saturated heterocycles. The number of aromatic nitrogens is 6. The Bertz CT molecular complexity index is 2430. The molecule has 51 heavy (non-hydrogen) atoms. The van der Waals surface area contributed by atoms with E-state index >= 15 is 0 Å². The summed E-state index contributed by atoms with van der Waals surface area (Å²) in [5.74, 6) is 3.04. The zero-order valence-corrected chi connectivity index (χ0v) is 29.3. The van der Waals surface area contributed by atoms with E-state index in [1.165, 1.54) is 0 Å². The van der Waals surface area contributed by atoms with Crippen LogP contribution in [0.3, 0.4) is 0 Å². The van der Waals surface area contributed by atoms with Crippen molar-refractivity contribution < 1.29 is 18.4 Å². The van der Waals surface area contributed by atoms with Crippen LogP contribution in [0.1, 0.15) is 32.4 Å². The number of aryl methyl sites for hydroxylation is 2. The van der Waals surface area contributed by atoms with Gasteiger partial charge in [-0.15, -0.1) is 0 Å². The van der Waals surface area contributed by atoms with Crippen LogP contribution in [0.2, 0.25) is 0 Å². The third kappa shape index (κ3) is 7.17. The van der Waals surface area contributed by atoms with Crippen molar-refractivity contribution in [3.8, 4) is 22.9 Å². The van der Waals surface area contributed by atoms with E-state index in [0.717, 1.165) is 73.6 Å². The van der Waals surface area contributed by atoms with Crippen molar-refractivity contribution in [2.75, 3.05) is 13.1 Å². The van der Waals surface area contributed by atoms with E-state index in [1.54, 1.807) is 0 Å². The molecule has 0 aliphatic heterocycles. The van der Waals surface area contributed by atoms with Gasteiger partial charge in [0.15, 0.2) is 11.2 Å². The topological polar surface area (TPSA) is 152 Å². The smallest absolute Gasteiger partial charge is 0.407 e. The second-order valence-corrected chi connectivity index (χ2v) is 13.2. The average molecular weight is 685 g/mol. The molecule has 0 atom stereocenters. The molecule has 0 spiro atoms. The maximum absolute atomic E-state index is 11.8. The molecule has 4 aromatic heterocycles. The number of nitrogens with one attached hydrogen (secondary N) is 1. The number of hydrogen-bond acceptors (Lipinski definition) is 9. The van der Waals surface area contributed by atoms with Crippen molar-refractivity contribution in [3.05, 3.63) is 96.6 Å². The van der Waals surface area contributed by atoms with Gasteiger partial charge in [-0.2, -0.15) is 0 Å². The van der Waals surface area contributed by atoms with Gasteiger partial charge in [0.25, 0.3) is 0 Å². The van der Waals surface area contributed by atoms with Crippen LogP contribution >= 0.6 is 0 Å². The molecule has 0 radical (unpaired) electrons. The van der Waals surface area contributed by atoms with E-state index in [0.29, 0.717) is 31.4 Å². The molecule has 4 heterocycles. The molecule has 3 N–H and O–H groups in total. The van der Waals surface area contributed by atoms with E-state index in [1.807, 2.05) is 113 Å². The number of ether oxygens (including phenoxy) is 1. The molecular formula is C39H40N8O4. The highest BCUT2D eigenvalue weighted by atomic mass is 16.6. The number of nitrogens with zero attached hydrogens (tertiary/aromatic N) is 6. The fourth-order valence-electron chi connectivity index (χ4n) is 6.04. The molecule has 12 nitrogen and oxygen atoms in total. The van der Waals surface area contributed by atoms with Gasteiger partial charge < -0.3 is 33.8 Å². The van der Waals surface area contributed by atoms with Crippen LogP contribution in [-0.4, -0.2) is 53.9 Å². The van der Waals surface area contributed by atoms with Gasteiger partial charge in [-0.05, 0) is 95.3 Å². The fourth-order valence-corrected chi connectivity index (χ4v) is 6.04. The summed E-state index contributed by atoms with van der Waals surface area (Å²) in [6.07, 6.45) is -0.419. The third-order valence-corrected chi connectivity index (χ3v) is 8.32. The molecule has 0 bridgehead atoms. The highest BCUT2D eigenvalue weighted by Gasteiger charge is 2.17. The summed E-state index contributed by atoms with van der Waals surface area (Å²) in [5, 5.41) is 2.79. The number of para-hydroxylation sites is 4. The normalized spacial score (nSPS) is 11.7. The number of nitrogens with two attached hydrogens (primary N) is 1. The molecule has 0 aliphatic rings. The Balaban J connectivity index is 0.000000165. The van der Waals surface area contributed by atoms with Crippen molar-refractivity contribution in [3.63, 3.8) is 0 Å². The summed E-state index contributed by atoms with van der Waals surface area (Å²) in [6.45, 7) is 11.9. The first kappa shape index (κ1) is 33.5. The summed E-state index contributed by atoms with van der Waals surface area (Å²) in [6, 6.07) is 27.5. The molecule has 0 aliphatic carbocycles. The van der Waals surface area contributed by atoms with Gasteiger partial charge in [0, 0.05) is 37.3 Å². The first-order valence-electron chi connectivity index (χ1n) is 16.9. The highest BCUT2D eigenvalue weighted by Crippen LogP contribution is 2.29. The van der Waals surface area contributed by atoms with E-state index in [9.17, 15) is 4.79 Å². The summed E-state index contributed by atoms with van der Waals surface area (Å²) in [7, 11) is 0. The van der Waals surface area contributed by atoms with Gasteiger partial charge >= 0.3 is 6.09 Å². The number of amides is 1. The summed E-state index contributed by atoms with van der Waals surface area (Å²) < 4.78 is 21.2. The Hall–Kier alpha value is -6.01. The fraction of sp³-hybridized carbons (Fsp3) is 0.256. The number of hydrogen-bond donors (Lipinski definition) is 2. The van der Waals surface area contributed by atoms with Crippen molar-refractivity contribution in [1.29, 1.82) is 0 Å². The van der Waals surface area contributed by atoms with E-state index in [-0.39, 0.29) is 0 Å². The van der Waals surface area contributed by atoms with Crippen LogP contribution in [0.4, 0.5) is 4.79 Å². The van der Waals surface area contributed by atoms with Crippen molar-refractivity contribution in [1.82, 2.24) is 34.4 Å². The molecule has 0 saturated carbocycles.